The minimum Gasteiger partial charge on any atom is -0.491 e. The summed E-state index contributed by atoms with van der Waals surface area (Å²) >= 11 is 0. The molecule has 1 heterocycles. The van der Waals surface area contributed by atoms with Gasteiger partial charge in [0, 0.05) is 25.2 Å². The summed E-state index contributed by atoms with van der Waals surface area (Å²) in [6.07, 6.45) is 1.64. The Morgan fingerprint density at radius 2 is 2.30 bits per heavy atom. The molecule has 0 aromatic heterocycles. The normalized spacial score (nSPS) is 18.9. The molecule has 0 aliphatic carbocycles. The highest BCUT2D eigenvalue weighted by molar-refractivity contribution is 5.78. The van der Waals surface area contributed by atoms with Crippen molar-refractivity contribution in [3.63, 3.8) is 0 Å². The maximum Gasteiger partial charge on any atom is 0.222 e. The van der Waals surface area contributed by atoms with E-state index in [1.54, 1.807) is 13.0 Å². The Labute approximate surface area is 117 Å². The van der Waals surface area contributed by atoms with E-state index in [2.05, 4.69) is 0 Å². The number of nitrogens with zero attached hydrogens (tertiary/aromatic N) is 1. The van der Waals surface area contributed by atoms with Gasteiger partial charge in [-0.2, -0.15) is 0 Å². The fraction of sp³-hybridized carbons (Fsp3) is 0.500. The highest BCUT2D eigenvalue weighted by Crippen LogP contribution is 2.33. The summed E-state index contributed by atoms with van der Waals surface area (Å²) < 4.78 is 18.9. The number of primary amides is 1. The van der Waals surface area contributed by atoms with Crippen molar-refractivity contribution in [1.82, 2.24) is 0 Å². The molecule has 4 N–H and O–H groups in total. The van der Waals surface area contributed by atoms with E-state index in [4.69, 9.17) is 16.2 Å². The molecule has 0 spiro atoms. The van der Waals surface area contributed by atoms with Gasteiger partial charge < -0.3 is 21.1 Å². The highest BCUT2D eigenvalue weighted by Gasteiger charge is 2.25. The molecule has 1 fully saturated rings. The lowest BCUT2D eigenvalue weighted by atomic mass is 9.97. The third-order valence-electron chi connectivity index (χ3n) is 3.55. The van der Waals surface area contributed by atoms with Crippen LogP contribution in [0.2, 0.25) is 0 Å². The van der Waals surface area contributed by atoms with Crippen molar-refractivity contribution in [2.24, 2.45) is 11.7 Å². The van der Waals surface area contributed by atoms with Crippen molar-refractivity contribution >= 4 is 17.3 Å². The van der Waals surface area contributed by atoms with Crippen molar-refractivity contribution in [3.8, 4) is 5.75 Å². The Kier molecular flexibility index (Phi) is 4.32. The molecule has 0 saturated carbocycles. The molecule has 20 heavy (non-hydrogen) atoms. The smallest absolute Gasteiger partial charge is 0.222 e. The highest BCUT2D eigenvalue weighted by atomic mass is 19.1. The molecule has 1 aliphatic heterocycles. The van der Waals surface area contributed by atoms with Crippen LogP contribution in [-0.4, -0.2) is 25.6 Å². The van der Waals surface area contributed by atoms with Gasteiger partial charge in [-0.25, -0.2) is 4.39 Å². The van der Waals surface area contributed by atoms with Crippen molar-refractivity contribution in [3.05, 3.63) is 17.9 Å². The van der Waals surface area contributed by atoms with Gasteiger partial charge in [-0.15, -0.1) is 0 Å². The van der Waals surface area contributed by atoms with E-state index in [-0.39, 0.29) is 17.6 Å². The Morgan fingerprint density at radius 1 is 1.55 bits per heavy atom. The second kappa shape index (κ2) is 5.98. The number of amides is 1. The number of carbonyl (C=O) groups is 1. The molecular weight excluding hydrogens is 261 g/mol. The largest absolute Gasteiger partial charge is 0.491 e. The van der Waals surface area contributed by atoms with E-state index in [1.165, 1.54) is 6.07 Å². The number of hydrogen-bond acceptors (Lipinski definition) is 4. The molecule has 1 atom stereocenters. The van der Waals surface area contributed by atoms with E-state index < -0.39 is 5.82 Å². The summed E-state index contributed by atoms with van der Waals surface area (Å²) in [7, 11) is 0. The molecule has 1 aliphatic rings. The van der Waals surface area contributed by atoms with Gasteiger partial charge in [0.05, 0.1) is 23.9 Å². The maximum atomic E-state index is 13.7. The summed E-state index contributed by atoms with van der Waals surface area (Å²) in [5.74, 6) is -0.793. The Hall–Kier alpha value is -1.98. The molecule has 1 aromatic carbocycles. The number of piperidine rings is 1. The average Bonchev–Trinajstić information content (AvgIpc) is 2.42. The first kappa shape index (κ1) is 14.4. The molecular formula is C14H20FN3O2. The van der Waals surface area contributed by atoms with Crippen LogP contribution >= 0.6 is 0 Å². The summed E-state index contributed by atoms with van der Waals surface area (Å²) in [4.78, 5) is 13.3. The predicted octanol–water partition coefficient (Wildman–Crippen LogP) is 1.51. The quantitative estimate of drug-likeness (QED) is 0.820. The molecule has 1 aromatic rings. The number of rotatable bonds is 4. The molecule has 2 rings (SSSR count). The second-order valence-electron chi connectivity index (χ2n) is 4.96. The molecule has 0 radical (unpaired) electrons. The van der Waals surface area contributed by atoms with Crippen LogP contribution in [0.5, 0.6) is 5.75 Å². The number of hydrogen-bond donors (Lipinski definition) is 2. The van der Waals surface area contributed by atoms with E-state index in [0.717, 1.165) is 19.4 Å². The standard InChI is InChI=1S/C14H20FN3O2/c1-2-20-13-7-12(11(16)6-10(13)15)18-5-3-4-9(8-18)14(17)19/h6-7,9H,2-5,8,16H2,1H3,(H2,17,19). The number of nitrogens with two attached hydrogens (primary N) is 2. The van der Waals surface area contributed by atoms with Crippen LogP contribution in [-0.2, 0) is 4.79 Å². The topological polar surface area (TPSA) is 81.6 Å². The number of ether oxygens (including phenoxy) is 1. The number of carbonyl (C=O) groups excluding carboxylic acids is 1. The molecule has 110 valence electrons. The first-order valence-corrected chi connectivity index (χ1v) is 6.79. The first-order valence-electron chi connectivity index (χ1n) is 6.79. The maximum absolute atomic E-state index is 13.7. The van der Waals surface area contributed by atoms with E-state index in [9.17, 15) is 9.18 Å². The monoisotopic (exact) mass is 281 g/mol. The summed E-state index contributed by atoms with van der Waals surface area (Å²) in [5.41, 5.74) is 12.3. The van der Waals surface area contributed by atoms with Crippen LogP contribution < -0.4 is 21.1 Å². The van der Waals surface area contributed by atoms with E-state index >= 15 is 0 Å². The zero-order valence-electron chi connectivity index (χ0n) is 11.6. The lowest BCUT2D eigenvalue weighted by Crippen LogP contribution is -2.41. The van der Waals surface area contributed by atoms with Gasteiger partial charge in [0.1, 0.15) is 0 Å². The van der Waals surface area contributed by atoms with Gasteiger partial charge in [0.25, 0.3) is 0 Å². The Morgan fingerprint density at radius 3 is 2.95 bits per heavy atom. The fourth-order valence-corrected chi connectivity index (χ4v) is 2.53. The Bertz CT molecular complexity index is 507. The number of nitrogen functional groups attached to an aromatic ring is 1. The van der Waals surface area contributed by atoms with Crippen molar-refractivity contribution < 1.29 is 13.9 Å². The molecule has 0 bridgehead atoms. The second-order valence-corrected chi connectivity index (χ2v) is 4.96. The third kappa shape index (κ3) is 2.95. The minimum absolute atomic E-state index is 0.179. The van der Waals surface area contributed by atoms with Crippen LogP contribution in [0.4, 0.5) is 15.8 Å². The molecule has 6 heteroatoms. The van der Waals surface area contributed by atoms with Gasteiger partial charge in [-0.05, 0) is 19.8 Å². The average molecular weight is 281 g/mol. The Balaban J connectivity index is 2.27. The lowest BCUT2D eigenvalue weighted by molar-refractivity contribution is -0.122. The molecule has 1 amide bonds. The van der Waals surface area contributed by atoms with Gasteiger partial charge >= 0.3 is 0 Å². The predicted molar refractivity (Wildman–Crippen MR) is 76.1 cm³/mol. The van der Waals surface area contributed by atoms with E-state index in [1.807, 2.05) is 4.90 Å². The summed E-state index contributed by atoms with van der Waals surface area (Å²) in [5, 5.41) is 0. The fourth-order valence-electron chi connectivity index (χ4n) is 2.53. The lowest BCUT2D eigenvalue weighted by Gasteiger charge is -2.34. The zero-order chi connectivity index (χ0) is 14.7. The van der Waals surface area contributed by atoms with Crippen molar-refractivity contribution in [2.75, 3.05) is 30.3 Å². The van der Waals surface area contributed by atoms with E-state index in [0.29, 0.717) is 24.5 Å². The van der Waals surface area contributed by atoms with Gasteiger partial charge in [-0.3, -0.25) is 4.79 Å². The number of benzene rings is 1. The van der Waals surface area contributed by atoms with Crippen LogP contribution in [0.15, 0.2) is 12.1 Å². The third-order valence-corrected chi connectivity index (χ3v) is 3.55. The molecule has 5 nitrogen and oxygen atoms in total. The van der Waals surface area contributed by atoms with Crippen molar-refractivity contribution in [2.45, 2.75) is 19.8 Å². The van der Waals surface area contributed by atoms with Crippen LogP contribution in [0, 0.1) is 11.7 Å². The van der Waals surface area contributed by atoms with Crippen LogP contribution in [0.1, 0.15) is 19.8 Å². The summed E-state index contributed by atoms with van der Waals surface area (Å²) in [6, 6.07) is 2.85. The SMILES string of the molecule is CCOc1cc(N2CCCC(C(N)=O)C2)c(N)cc1F. The zero-order valence-corrected chi connectivity index (χ0v) is 11.6. The number of halogens is 1. The first-order chi connectivity index (χ1) is 9.52. The summed E-state index contributed by atoms with van der Waals surface area (Å²) in [6.45, 7) is 3.45. The van der Waals surface area contributed by atoms with Gasteiger partial charge in [0.2, 0.25) is 5.91 Å². The van der Waals surface area contributed by atoms with Gasteiger partial charge in [0.15, 0.2) is 11.6 Å². The van der Waals surface area contributed by atoms with Crippen molar-refractivity contribution in [1.29, 1.82) is 0 Å². The molecule has 1 unspecified atom stereocenters. The minimum atomic E-state index is -0.475. The molecule has 1 saturated heterocycles. The van der Waals surface area contributed by atoms with Crippen LogP contribution in [0.25, 0.3) is 0 Å². The van der Waals surface area contributed by atoms with Gasteiger partial charge in [-0.1, -0.05) is 0 Å². The number of anilines is 2. The van der Waals surface area contributed by atoms with Crippen LogP contribution in [0.3, 0.4) is 0 Å².